The van der Waals surface area contributed by atoms with Crippen LogP contribution in [0.1, 0.15) is 17.2 Å². The molecule has 162 valence electrons. The molecule has 0 saturated heterocycles. The summed E-state index contributed by atoms with van der Waals surface area (Å²) >= 11 is 13.9. The average molecular weight is 484 g/mol. The molecule has 1 unspecified atom stereocenters. The minimum Gasteiger partial charge on any atom is -0.367 e. The molecule has 0 aliphatic heterocycles. The first-order valence-corrected chi connectivity index (χ1v) is 10.5. The van der Waals surface area contributed by atoms with Crippen molar-refractivity contribution in [2.45, 2.75) is 19.3 Å². The van der Waals surface area contributed by atoms with E-state index in [-0.39, 0.29) is 18.5 Å². The van der Waals surface area contributed by atoms with Gasteiger partial charge in [0.15, 0.2) is 0 Å². The van der Waals surface area contributed by atoms with Crippen molar-refractivity contribution in [1.29, 1.82) is 0 Å². The minimum atomic E-state index is -1.50. The predicted octanol–water partition coefficient (Wildman–Crippen LogP) is 6.15. The van der Waals surface area contributed by atoms with Crippen LogP contribution in [0.25, 0.3) is 10.1 Å². The molecule has 1 atom stereocenters. The molecular weight excluding hydrogens is 468 g/mol. The van der Waals surface area contributed by atoms with Gasteiger partial charge in [-0.1, -0.05) is 35.3 Å². The molecule has 2 heterocycles. The number of hydrogen-bond donors (Lipinski definition) is 1. The molecule has 0 spiro atoms. The SMILES string of the molecule is Fc1cccc2scc(COC(Cn3ccnc3)c3ccc(Cl)cc3Cl)c12.O=[N+]([O-])O. The van der Waals surface area contributed by atoms with Gasteiger partial charge in [-0.05, 0) is 35.2 Å². The molecule has 1 N–H and O–H groups in total. The molecule has 2 aromatic heterocycles. The van der Waals surface area contributed by atoms with Gasteiger partial charge in [0.1, 0.15) is 11.9 Å². The molecule has 11 heteroatoms. The number of hydrogen-bond acceptors (Lipinski definition) is 5. The topological polar surface area (TPSA) is 90.4 Å². The van der Waals surface area contributed by atoms with E-state index in [1.165, 1.54) is 17.4 Å². The molecule has 4 aromatic rings. The minimum absolute atomic E-state index is 0.233. The number of fused-ring (bicyclic) bond motifs is 1. The molecule has 0 bridgehead atoms. The van der Waals surface area contributed by atoms with Crippen molar-refractivity contribution < 1.29 is 19.4 Å². The summed E-state index contributed by atoms with van der Waals surface area (Å²) in [4.78, 5) is 12.4. The molecule has 2 aromatic carbocycles. The van der Waals surface area contributed by atoms with E-state index in [0.29, 0.717) is 22.0 Å². The zero-order valence-corrected chi connectivity index (χ0v) is 18.1. The molecule has 7 nitrogen and oxygen atoms in total. The zero-order chi connectivity index (χ0) is 22.4. The van der Waals surface area contributed by atoms with Crippen molar-refractivity contribution in [3.63, 3.8) is 0 Å². The summed E-state index contributed by atoms with van der Waals surface area (Å²) in [5, 5.41) is 17.3. The van der Waals surface area contributed by atoms with Gasteiger partial charge < -0.3 is 14.5 Å². The van der Waals surface area contributed by atoms with Crippen LogP contribution in [0, 0.1) is 15.9 Å². The molecule has 31 heavy (non-hydrogen) atoms. The maximum atomic E-state index is 14.2. The first-order valence-electron chi connectivity index (χ1n) is 8.85. The van der Waals surface area contributed by atoms with Crippen LogP contribution in [0.2, 0.25) is 10.0 Å². The average Bonchev–Trinajstić information content (AvgIpc) is 3.35. The third-order valence-electron chi connectivity index (χ3n) is 4.31. The lowest BCUT2D eigenvalue weighted by molar-refractivity contribution is -0.742. The Hall–Kier alpha value is -2.72. The summed E-state index contributed by atoms with van der Waals surface area (Å²) in [6.45, 7) is 0.811. The zero-order valence-electron chi connectivity index (χ0n) is 15.8. The largest absolute Gasteiger partial charge is 0.367 e. The lowest BCUT2D eigenvalue weighted by Crippen LogP contribution is -2.12. The Morgan fingerprint density at radius 3 is 2.77 bits per heavy atom. The van der Waals surface area contributed by atoms with E-state index >= 15 is 0 Å². The van der Waals surface area contributed by atoms with Gasteiger partial charge in [0.05, 0.1) is 19.5 Å². The summed E-state index contributed by atoms with van der Waals surface area (Å²) in [6.07, 6.45) is 4.97. The first-order chi connectivity index (χ1) is 14.8. The Balaban J connectivity index is 0.000000628. The Kier molecular flexibility index (Phi) is 7.80. The number of imidazole rings is 1. The quantitative estimate of drug-likeness (QED) is 0.262. The molecule has 0 saturated carbocycles. The number of halogens is 3. The Bertz CT molecular complexity index is 1170. The number of aromatic nitrogens is 2. The molecule has 0 aliphatic rings. The van der Waals surface area contributed by atoms with Gasteiger partial charge in [-0.2, -0.15) is 0 Å². The Labute approximate surface area is 190 Å². The van der Waals surface area contributed by atoms with Crippen LogP contribution in [0.4, 0.5) is 4.39 Å². The molecular formula is C20H16Cl2FN3O4S. The van der Waals surface area contributed by atoms with Crippen LogP contribution in [-0.2, 0) is 17.9 Å². The number of nitrogens with zero attached hydrogens (tertiary/aromatic N) is 3. The standard InChI is InChI=1S/C20H15Cl2FN2OS.HNO3/c21-14-4-5-15(16(22)8-14)18(9-25-7-6-24-12-25)26-10-13-11-27-19-3-1-2-17(23)20(13)19;2-1(3)4/h1-8,11-12,18H,9-10H2;(H,2,3,4). The molecule has 0 fully saturated rings. The van der Waals surface area contributed by atoms with E-state index in [1.54, 1.807) is 30.7 Å². The van der Waals surface area contributed by atoms with Crippen LogP contribution in [0.5, 0.6) is 0 Å². The van der Waals surface area contributed by atoms with Gasteiger partial charge >= 0.3 is 0 Å². The second-order valence-corrected chi connectivity index (χ2v) is 8.09. The van der Waals surface area contributed by atoms with E-state index < -0.39 is 5.09 Å². The molecule has 0 aliphatic carbocycles. The fraction of sp³-hybridized carbons (Fsp3) is 0.150. The number of thiophene rings is 1. The maximum Gasteiger partial charge on any atom is 0.291 e. The predicted molar refractivity (Wildman–Crippen MR) is 117 cm³/mol. The van der Waals surface area contributed by atoms with Crippen molar-refractivity contribution in [1.82, 2.24) is 9.55 Å². The lowest BCUT2D eigenvalue weighted by Gasteiger charge is -2.20. The lowest BCUT2D eigenvalue weighted by atomic mass is 10.1. The van der Waals surface area contributed by atoms with E-state index in [0.717, 1.165) is 15.8 Å². The van der Waals surface area contributed by atoms with Crippen LogP contribution in [0.3, 0.4) is 0 Å². The molecule has 4 rings (SSSR count). The van der Waals surface area contributed by atoms with Crippen molar-refractivity contribution >= 4 is 44.6 Å². The number of rotatable bonds is 6. The molecule has 0 radical (unpaired) electrons. The van der Waals surface area contributed by atoms with Gasteiger partial charge in [-0.25, -0.2) is 9.37 Å². The highest BCUT2D eigenvalue weighted by Gasteiger charge is 2.18. The van der Waals surface area contributed by atoms with Crippen LogP contribution in [-0.4, -0.2) is 19.8 Å². The second kappa shape index (κ2) is 10.5. The third-order valence-corrected chi connectivity index (χ3v) is 5.87. The fourth-order valence-corrected chi connectivity index (χ4v) is 4.48. The maximum absolute atomic E-state index is 14.2. The summed E-state index contributed by atoms with van der Waals surface area (Å²) in [7, 11) is 0. The van der Waals surface area contributed by atoms with Gasteiger partial charge in [0, 0.05) is 38.1 Å². The van der Waals surface area contributed by atoms with Gasteiger partial charge in [-0.3, -0.25) is 0 Å². The summed E-state index contributed by atoms with van der Waals surface area (Å²) < 4.78 is 23.3. The van der Waals surface area contributed by atoms with Crippen molar-refractivity contribution in [2.75, 3.05) is 0 Å². The third kappa shape index (κ3) is 6.14. The first kappa shape index (κ1) is 23.0. The molecule has 0 amide bonds. The normalized spacial score (nSPS) is 11.7. The number of ether oxygens (including phenoxy) is 1. The van der Waals surface area contributed by atoms with E-state index in [4.69, 9.17) is 43.3 Å². The van der Waals surface area contributed by atoms with Crippen molar-refractivity contribution in [3.05, 3.63) is 97.6 Å². The van der Waals surface area contributed by atoms with Crippen molar-refractivity contribution in [3.8, 4) is 0 Å². The number of benzene rings is 2. The van der Waals surface area contributed by atoms with Crippen LogP contribution >= 0.6 is 34.5 Å². The van der Waals surface area contributed by atoms with Gasteiger partial charge in [-0.15, -0.1) is 21.5 Å². The smallest absolute Gasteiger partial charge is 0.291 e. The highest BCUT2D eigenvalue weighted by Crippen LogP contribution is 2.33. The van der Waals surface area contributed by atoms with Crippen LogP contribution < -0.4 is 0 Å². The summed E-state index contributed by atoms with van der Waals surface area (Å²) in [5.74, 6) is -0.233. The monoisotopic (exact) mass is 483 g/mol. The van der Waals surface area contributed by atoms with Gasteiger partial charge in [0.25, 0.3) is 5.09 Å². The van der Waals surface area contributed by atoms with Crippen LogP contribution in [0.15, 0.2) is 60.5 Å². The Morgan fingerprint density at radius 1 is 1.32 bits per heavy atom. The fourth-order valence-electron chi connectivity index (χ4n) is 2.99. The van der Waals surface area contributed by atoms with Gasteiger partial charge in [0.2, 0.25) is 0 Å². The van der Waals surface area contributed by atoms with E-state index in [9.17, 15) is 4.39 Å². The second-order valence-electron chi connectivity index (χ2n) is 6.34. The Morgan fingerprint density at radius 2 is 2.10 bits per heavy atom. The highest BCUT2D eigenvalue weighted by atomic mass is 35.5. The summed E-state index contributed by atoms with van der Waals surface area (Å²) in [5.41, 5.74) is 1.66. The van der Waals surface area contributed by atoms with Crippen molar-refractivity contribution in [2.24, 2.45) is 0 Å². The highest BCUT2D eigenvalue weighted by molar-refractivity contribution is 7.17. The summed E-state index contributed by atoms with van der Waals surface area (Å²) in [6, 6.07) is 10.4. The van der Waals surface area contributed by atoms with E-state index in [2.05, 4.69) is 4.98 Å². The van der Waals surface area contributed by atoms with E-state index in [1.807, 2.05) is 28.3 Å².